The molecular weight excluding hydrogens is 544 g/mol. The van der Waals surface area contributed by atoms with Crippen molar-refractivity contribution in [3.63, 3.8) is 0 Å². The first kappa shape index (κ1) is 31.5. The number of allylic oxidation sites excluding steroid dienone is 2. The summed E-state index contributed by atoms with van der Waals surface area (Å²) in [6.07, 6.45) is 8.60. The third-order valence-corrected chi connectivity index (χ3v) is 7.34. The lowest BCUT2D eigenvalue weighted by Gasteiger charge is -2.27. The van der Waals surface area contributed by atoms with Gasteiger partial charge < -0.3 is 26.2 Å². The van der Waals surface area contributed by atoms with Crippen LogP contribution in [0.2, 0.25) is 0 Å². The van der Waals surface area contributed by atoms with Crippen molar-refractivity contribution in [1.29, 1.82) is 0 Å². The highest BCUT2D eigenvalue weighted by Crippen LogP contribution is 2.27. The van der Waals surface area contributed by atoms with Crippen LogP contribution in [-0.2, 0) is 21.4 Å². The number of imide groups is 1. The number of phenols is 1. The lowest BCUT2D eigenvalue weighted by atomic mass is 9.87. The van der Waals surface area contributed by atoms with Crippen LogP contribution in [-0.4, -0.2) is 69.0 Å². The van der Waals surface area contributed by atoms with Crippen LogP contribution in [0.3, 0.4) is 0 Å². The number of phenolic OH excluding ortho intramolecular Hbond substituents is 1. The van der Waals surface area contributed by atoms with E-state index in [2.05, 4.69) is 60.4 Å². The number of carbonyl (C=O) groups is 2. The molecule has 2 aromatic carbocycles. The standard InChI is InChI=1S/C33H42N6O4/c1-33(2,3)25-10-12-26(13-11-25)37-19-5-6-27(23-37)39-30(16-18-36-39)35-17-4-7-31(42)38(20-21-40)32(43)29(34)22-24-8-14-28(41)15-9-24/h5-6,8-16,18-19,29,35,40-41H,4,7,17,20-23,34H2,1-3H3/t29-/m0/s1. The molecule has 43 heavy (non-hydrogen) atoms. The quantitative estimate of drug-likeness (QED) is 0.235. The number of nitrogens with zero attached hydrogens (tertiary/aromatic N) is 4. The number of aliphatic hydroxyl groups is 1. The zero-order chi connectivity index (χ0) is 31.0. The molecule has 0 saturated carbocycles. The topological polar surface area (TPSA) is 137 Å². The first-order chi connectivity index (χ1) is 20.6. The first-order valence-corrected chi connectivity index (χ1v) is 14.6. The second kappa shape index (κ2) is 14.2. The van der Waals surface area contributed by atoms with Gasteiger partial charge in [-0.3, -0.25) is 14.5 Å². The average Bonchev–Trinajstić information content (AvgIpc) is 3.47. The van der Waals surface area contributed by atoms with Gasteiger partial charge in [0, 0.05) is 30.9 Å². The Morgan fingerprint density at radius 2 is 1.81 bits per heavy atom. The van der Waals surface area contributed by atoms with E-state index < -0.39 is 11.9 Å². The van der Waals surface area contributed by atoms with Crippen molar-refractivity contribution < 1.29 is 19.8 Å². The van der Waals surface area contributed by atoms with Crippen LogP contribution in [0, 0.1) is 0 Å². The van der Waals surface area contributed by atoms with Crippen molar-refractivity contribution in [2.45, 2.75) is 51.5 Å². The molecule has 3 aromatic rings. The molecule has 10 nitrogen and oxygen atoms in total. The van der Waals surface area contributed by atoms with Gasteiger partial charge in [-0.2, -0.15) is 5.10 Å². The predicted molar refractivity (Wildman–Crippen MR) is 169 cm³/mol. The Labute approximate surface area is 253 Å². The molecular formula is C33H42N6O4. The van der Waals surface area contributed by atoms with Crippen LogP contribution < -0.4 is 16.0 Å². The number of anilines is 2. The summed E-state index contributed by atoms with van der Waals surface area (Å²) in [4.78, 5) is 29.1. The number of rotatable bonds is 12. The van der Waals surface area contributed by atoms with Crippen molar-refractivity contribution >= 4 is 29.0 Å². The fourth-order valence-electron chi connectivity index (χ4n) is 4.89. The van der Waals surface area contributed by atoms with E-state index in [1.807, 2.05) is 29.1 Å². The second-order valence-electron chi connectivity index (χ2n) is 11.7. The van der Waals surface area contributed by atoms with Gasteiger partial charge in [-0.25, -0.2) is 4.68 Å². The van der Waals surface area contributed by atoms with Gasteiger partial charge in [0.2, 0.25) is 11.8 Å². The lowest BCUT2D eigenvalue weighted by Crippen LogP contribution is -2.48. The Bertz CT molecular complexity index is 1440. The average molecular weight is 587 g/mol. The monoisotopic (exact) mass is 586 g/mol. The van der Waals surface area contributed by atoms with Gasteiger partial charge in [0.15, 0.2) is 0 Å². The van der Waals surface area contributed by atoms with E-state index in [1.165, 1.54) is 17.7 Å². The highest BCUT2D eigenvalue weighted by Gasteiger charge is 2.26. The summed E-state index contributed by atoms with van der Waals surface area (Å²) in [5.41, 5.74) is 10.3. The highest BCUT2D eigenvalue weighted by molar-refractivity contribution is 5.97. The molecule has 4 rings (SSSR count). The summed E-state index contributed by atoms with van der Waals surface area (Å²) in [5, 5.41) is 26.8. The molecule has 5 N–H and O–H groups in total. The van der Waals surface area contributed by atoms with E-state index in [0.717, 1.165) is 27.7 Å². The van der Waals surface area contributed by atoms with Crippen LogP contribution >= 0.6 is 0 Å². The molecule has 0 unspecified atom stereocenters. The van der Waals surface area contributed by atoms with Crippen molar-refractivity contribution in [3.05, 3.63) is 90.3 Å². The molecule has 0 fully saturated rings. The Balaban J connectivity index is 1.29. The molecule has 0 bridgehead atoms. The van der Waals surface area contributed by atoms with E-state index in [9.17, 15) is 19.8 Å². The van der Waals surface area contributed by atoms with E-state index in [1.54, 1.807) is 18.3 Å². The smallest absolute Gasteiger partial charge is 0.246 e. The Hall–Kier alpha value is -4.41. The zero-order valence-electron chi connectivity index (χ0n) is 25.1. The van der Waals surface area contributed by atoms with Gasteiger partial charge in [-0.05, 0) is 65.8 Å². The van der Waals surface area contributed by atoms with Crippen molar-refractivity contribution in [1.82, 2.24) is 14.7 Å². The van der Waals surface area contributed by atoms with Crippen LogP contribution in [0.1, 0.15) is 44.7 Å². The highest BCUT2D eigenvalue weighted by atomic mass is 16.3. The van der Waals surface area contributed by atoms with Crippen LogP contribution in [0.5, 0.6) is 5.75 Å². The van der Waals surface area contributed by atoms with Crippen LogP contribution in [0.25, 0.3) is 5.70 Å². The molecule has 0 radical (unpaired) electrons. The largest absolute Gasteiger partial charge is 0.508 e. The molecule has 2 heterocycles. The molecule has 1 aliphatic heterocycles. The zero-order valence-corrected chi connectivity index (χ0v) is 25.1. The molecule has 2 amide bonds. The Morgan fingerprint density at radius 1 is 1.09 bits per heavy atom. The van der Waals surface area contributed by atoms with Crippen LogP contribution in [0.15, 0.2) is 79.1 Å². The third kappa shape index (κ3) is 8.33. The fourth-order valence-corrected chi connectivity index (χ4v) is 4.89. The van der Waals surface area contributed by atoms with Gasteiger partial charge >= 0.3 is 0 Å². The van der Waals surface area contributed by atoms with E-state index in [4.69, 9.17) is 5.73 Å². The maximum Gasteiger partial charge on any atom is 0.246 e. The Morgan fingerprint density at radius 3 is 2.49 bits per heavy atom. The second-order valence-corrected chi connectivity index (χ2v) is 11.7. The summed E-state index contributed by atoms with van der Waals surface area (Å²) in [6.45, 7) is 7.27. The third-order valence-electron chi connectivity index (χ3n) is 7.34. The molecule has 0 spiro atoms. The predicted octanol–water partition coefficient (Wildman–Crippen LogP) is 3.87. The number of nitrogens with one attached hydrogen (secondary N) is 1. The van der Waals surface area contributed by atoms with E-state index in [-0.39, 0.29) is 43.1 Å². The Kier molecular flexibility index (Phi) is 10.4. The normalized spacial score (nSPS) is 13.9. The summed E-state index contributed by atoms with van der Waals surface area (Å²) < 4.78 is 1.85. The molecule has 1 atom stereocenters. The lowest BCUT2D eigenvalue weighted by molar-refractivity contribution is -0.146. The van der Waals surface area contributed by atoms with E-state index >= 15 is 0 Å². The maximum absolute atomic E-state index is 13.0. The van der Waals surface area contributed by atoms with Gasteiger partial charge in [0.25, 0.3) is 0 Å². The summed E-state index contributed by atoms with van der Waals surface area (Å²) in [7, 11) is 0. The molecule has 10 heteroatoms. The fraction of sp³-hybridized carbons (Fsp3) is 0.364. The van der Waals surface area contributed by atoms with Crippen molar-refractivity contribution in [2.75, 3.05) is 36.5 Å². The molecule has 0 saturated heterocycles. The number of aromatic nitrogens is 2. The van der Waals surface area contributed by atoms with Gasteiger partial charge in [-0.15, -0.1) is 0 Å². The van der Waals surface area contributed by atoms with Gasteiger partial charge in [-0.1, -0.05) is 45.0 Å². The minimum atomic E-state index is -0.943. The number of hydrogen-bond acceptors (Lipinski definition) is 8. The summed E-state index contributed by atoms with van der Waals surface area (Å²) in [5.74, 6) is 0.00150. The summed E-state index contributed by atoms with van der Waals surface area (Å²) >= 11 is 0. The van der Waals surface area contributed by atoms with E-state index in [0.29, 0.717) is 19.5 Å². The SMILES string of the molecule is CC(C)(C)c1ccc(N2C=CC=C(n3nccc3NCCCC(=O)N(CCO)C(=O)[C@@H](N)Cc3ccc(O)cc3)C2)cc1. The maximum atomic E-state index is 13.0. The minimum absolute atomic E-state index is 0.0930. The van der Waals surface area contributed by atoms with Crippen LogP contribution in [0.4, 0.5) is 11.5 Å². The molecule has 1 aromatic heterocycles. The summed E-state index contributed by atoms with van der Waals surface area (Å²) in [6, 6.07) is 15.9. The van der Waals surface area contributed by atoms with Crippen molar-refractivity contribution in [2.24, 2.45) is 5.73 Å². The number of nitrogens with two attached hydrogens (primary N) is 1. The number of aliphatic hydroxyl groups excluding tert-OH is 1. The number of benzene rings is 2. The number of carbonyl (C=O) groups excluding carboxylic acids is 2. The first-order valence-electron chi connectivity index (χ1n) is 14.6. The number of hydrogen-bond donors (Lipinski definition) is 4. The molecule has 0 aliphatic carbocycles. The number of aromatic hydroxyl groups is 1. The minimum Gasteiger partial charge on any atom is -0.508 e. The molecule has 1 aliphatic rings. The van der Waals surface area contributed by atoms with Crippen molar-refractivity contribution in [3.8, 4) is 5.75 Å². The molecule has 228 valence electrons. The number of amides is 2. The van der Waals surface area contributed by atoms with Gasteiger partial charge in [0.05, 0.1) is 37.6 Å². The van der Waals surface area contributed by atoms with Gasteiger partial charge in [0.1, 0.15) is 11.6 Å².